The summed E-state index contributed by atoms with van der Waals surface area (Å²) in [4.78, 5) is 86.8. The van der Waals surface area contributed by atoms with E-state index in [0.717, 1.165) is 90.5 Å². The van der Waals surface area contributed by atoms with Gasteiger partial charge >= 0.3 is 11.5 Å². The summed E-state index contributed by atoms with van der Waals surface area (Å²) in [5.74, 6) is -2.46. The SMILES string of the molecule is CC1(C)CCC(c2ccc(Cl)cc2)=C(CN2CCN(c3ccc(C(=O)NSc4ccc(N[C@H](CCN5CCN(C(=O)NCCOCCOCCNc6cccc7c6C(=O)N(C6CCC(=O)NC6=O)C7=O)CC5)CSc5ccccc5)c(S(=O)(=O)C(F)(F)F)c4)cc3)CC2)C1. The number of piperazine rings is 2. The molecule has 502 valence electrons. The Kier molecular flexibility index (Phi) is 23.4. The summed E-state index contributed by atoms with van der Waals surface area (Å²) in [6, 6.07) is 31.5. The third-order valence-corrected chi connectivity index (χ3v) is 21.1. The van der Waals surface area contributed by atoms with Crippen LogP contribution in [-0.4, -0.2) is 192 Å². The van der Waals surface area contributed by atoms with Gasteiger partial charge in [-0.15, -0.1) is 11.8 Å². The van der Waals surface area contributed by atoms with Crippen LogP contribution in [0.2, 0.25) is 5.02 Å². The van der Waals surface area contributed by atoms with Crippen LogP contribution in [0, 0.1) is 5.41 Å². The van der Waals surface area contributed by atoms with Crippen molar-refractivity contribution in [3.63, 3.8) is 0 Å². The fraction of sp³-hybridized carbons (Fsp3) is 0.433. The van der Waals surface area contributed by atoms with E-state index in [2.05, 4.69) is 66.7 Å². The Labute approximate surface area is 559 Å². The van der Waals surface area contributed by atoms with Crippen LogP contribution in [0.5, 0.6) is 0 Å². The first kappa shape index (κ1) is 69.7. The predicted octanol–water partition coefficient (Wildman–Crippen LogP) is 9.69. The van der Waals surface area contributed by atoms with Crippen LogP contribution in [0.3, 0.4) is 0 Å². The maximum absolute atomic E-state index is 14.5. The molecule has 4 heterocycles. The van der Waals surface area contributed by atoms with Gasteiger partial charge in [0.05, 0.1) is 43.2 Å². The molecule has 3 saturated heterocycles. The Morgan fingerprint density at radius 3 is 2.17 bits per heavy atom. The van der Waals surface area contributed by atoms with Crippen LogP contribution in [0.15, 0.2) is 136 Å². The number of amides is 7. The number of hydrogen-bond donors (Lipinski definition) is 5. The number of halogens is 4. The first-order chi connectivity index (χ1) is 45.1. The van der Waals surface area contributed by atoms with Crippen molar-refractivity contribution in [3.8, 4) is 0 Å². The lowest BCUT2D eigenvalue weighted by molar-refractivity contribution is -0.136. The third-order valence-electron chi connectivity index (χ3n) is 17.4. The highest BCUT2D eigenvalue weighted by Crippen LogP contribution is 2.43. The Morgan fingerprint density at radius 1 is 0.766 bits per heavy atom. The van der Waals surface area contributed by atoms with Gasteiger partial charge in [-0.25, -0.2) is 13.2 Å². The van der Waals surface area contributed by atoms with E-state index >= 15 is 0 Å². The fourth-order valence-electron chi connectivity index (χ4n) is 12.2. The molecule has 5 aromatic carbocycles. The molecule has 2 atom stereocenters. The van der Waals surface area contributed by atoms with Crippen LogP contribution in [0.1, 0.15) is 89.0 Å². The molecule has 1 unspecified atom stereocenters. The number of hydrogen-bond acceptors (Lipinski definition) is 17. The second kappa shape index (κ2) is 31.6. The normalized spacial score (nSPS) is 18.4. The number of allylic oxidation sites excluding steroid dienone is 1. The molecule has 20 nitrogen and oxygen atoms in total. The van der Waals surface area contributed by atoms with E-state index in [9.17, 15) is 50.4 Å². The lowest BCUT2D eigenvalue weighted by Crippen LogP contribution is -2.54. The summed E-state index contributed by atoms with van der Waals surface area (Å²) in [5, 5.41) is 12.1. The van der Waals surface area contributed by atoms with E-state index in [-0.39, 0.29) is 79.0 Å². The largest absolute Gasteiger partial charge is 0.501 e. The highest BCUT2D eigenvalue weighted by molar-refractivity contribution is 7.99. The molecule has 1 aliphatic carbocycles. The number of thioether (sulfide) groups is 1. The first-order valence-electron chi connectivity index (χ1n) is 31.5. The zero-order chi connectivity index (χ0) is 66.6. The van der Waals surface area contributed by atoms with Gasteiger partial charge < -0.3 is 35.2 Å². The van der Waals surface area contributed by atoms with Crippen molar-refractivity contribution in [1.29, 1.82) is 0 Å². The van der Waals surface area contributed by atoms with Gasteiger partial charge in [0, 0.05) is 129 Å². The van der Waals surface area contributed by atoms with Gasteiger partial charge in [0.2, 0.25) is 11.8 Å². The van der Waals surface area contributed by atoms with Crippen molar-refractivity contribution in [2.45, 2.75) is 84.7 Å². The number of carbonyl (C=O) groups excluding carboxylic acids is 6. The zero-order valence-electron chi connectivity index (χ0n) is 52.4. The lowest BCUT2D eigenvalue weighted by Gasteiger charge is -2.39. The van der Waals surface area contributed by atoms with Crippen molar-refractivity contribution in [2.24, 2.45) is 5.41 Å². The van der Waals surface area contributed by atoms with Crippen LogP contribution in [0.4, 0.5) is 35.0 Å². The number of sulfone groups is 1. The Hall–Kier alpha value is -7.17. The molecule has 0 radical (unpaired) electrons. The molecule has 10 rings (SSSR count). The molecule has 0 bridgehead atoms. The second-order valence-electron chi connectivity index (χ2n) is 24.5. The highest BCUT2D eigenvalue weighted by Gasteiger charge is 2.49. The number of urea groups is 1. The van der Waals surface area contributed by atoms with Gasteiger partial charge in [0.1, 0.15) is 10.9 Å². The van der Waals surface area contributed by atoms with Crippen molar-refractivity contribution in [3.05, 3.63) is 148 Å². The summed E-state index contributed by atoms with van der Waals surface area (Å²) in [7, 11) is -5.87. The first-order valence-corrected chi connectivity index (χ1v) is 35.2. The minimum absolute atomic E-state index is 0.0215. The number of rotatable bonds is 27. The summed E-state index contributed by atoms with van der Waals surface area (Å²) in [6.45, 7) is 12.8. The number of carbonyl (C=O) groups is 6. The van der Waals surface area contributed by atoms with Gasteiger partial charge in [-0.1, -0.05) is 67.4 Å². The molecule has 94 heavy (non-hydrogen) atoms. The smallest absolute Gasteiger partial charge is 0.382 e. The fourth-order valence-corrected chi connectivity index (χ4v) is 15.0. The average molecular weight is 1370 g/mol. The Balaban J connectivity index is 0.656. The number of piperidine rings is 1. The molecule has 5 N–H and O–H groups in total. The maximum atomic E-state index is 14.5. The Bertz CT molecular complexity index is 3690. The number of nitrogens with zero attached hydrogens (tertiary/aromatic N) is 5. The van der Waals surface area contributed by atoms with E-state index in [0.29, 0.717) is 62.7 Å². The monoisotopic (exact) mass is 1370 g/mol. The Morgan fingerprint density at radius 2 is 1.47 bits per heavy atom. The molecule has 0 spiro atoms. The molecule has 0 saturated carbocycles. The molecule has 5 aromatic rings. The van der Waals surface area contributed by atoms with Gasteiger partial charge in [-0.3, -0.25) is 48.7 Å². The summed E-state index contributed by atoms with van der Waals surface area (Å²) in [6.07, 6.45) is 3.70. The summed E-state index contributed by atoms with van der Waals surface area (Å²) in [5.41, 5.74) is 0.548. The molecule has 5 aliphatic rings. The van der Waals surface area contributed by atoms with Crippen molar-refractivity contribution in [2.75, 3.05) is 126 Å². The van der Waals surface area contributed by atoms with Gasteiger partial charge in [0.25, 0.3) is 27.6 Å². The van der Waals surface area contributed by atoms with Crippen molar-refractivity contribution < 1.29 is 59.8 Å². The predicted molar refractivity (Wildman–Crippen MR) is 358 cm³/mol. The van der Waals surface area contributed by atoms with E-state index < -0.39 is 61.9 Å². The molecular formula is C67H78ClF3N10O10S3. The third kappa shape index (κ3) is 17.8. The molecular weight excluding hydrogens is 1290 g/mol. The molecule has 7 amide bonds. The number of nitrogens with one attached hydrogen (secondary N) is 5. The molecule has 0 aromatic heterocycles. The minimum Gasteiger partial charge on any atom is -0.382 e. The number of anilines is 3. The number of fused-ring (bicyclic) bond motifs is 1. The molecule has 3 fully saturated rings. The molecule has 4 aliphatic heterocycles. The average Bonchev–Trinajstić information content (AvgIpc) is 1.56. The summed E-state index contributed by atoms with van der Waals surface area (Å²) < 4.78 is 84.0. The lowest BCUT2D eigenvalue weighted by atomic mass is 9.73. The standard InChI is InChI=1S/C67H78ClF3N10O10S3/c1-66(2)25-23-53(45-11-15-48(68)16-12-45)47(42-66)43-78-31-33-79(34-32-78)50-17-13-46(14-18-50)61(83)76-93-52-19-20-55(58(41-52)94(88,89)67(69,70)71)74-49(44-92-51-7-4-3-5-8-51)24-28-77-29-35-80(36-30-77)65(87)73-27-38-91-40-39-90-37-26-72-56-10-6-9-54-60(56)64(86)81(63(54)85)57-21-22-59(82)75-62(57)84/h3-20,41,49,57,72,74H,21-40,42-44H2,1-2H3,(H,73,87)(H,76,83)(H,75,82,84)/t49-,57?/m1/s1. The van der Waals surface area contributed by atoms with Gasteiger partial charge in [-0.05, 0) is 139 Å². The number of imide groups is 2. The van der Waals surface area contributed by atoms with Crippen LogP contribution >= 0.6 is 35.3 Å². The van der Waals surface area contributed by atoms with Crippen LogP contribution in [0.25, 0.3) is 5.57 Å². The second-order valence-corrected chi connectivity index (χ2v) is 28.8. The van der Waals surface area contributed by atoms with E-state index in [1.807, 2.05) is 54.6 Å². The molecule has 27 heteroatoms. The van der Waals surface area contributed by atoms with Gasteiger partial charge in [-0.2, -0.15) is 13.2 Å². The number of alkyl halides is 3. The quantitative estimate of drug-likeness (QED) is 0.0143. The zero-order valence-corrected chi connectivity index (χ0v) is 55.6. The van der Waals surface area contributed by atoms with E-state index in [1.54, 1.807) is 29.2 Å². The summed E-state index contributed by atoms with van der Waals surface area (Å²) >= 11 is 8.43. The van der Waals surface area contributed by atoms with Crippen LogP contribution < -0.4 is 30.9 Å². The van der Waals surface area contributed by atoms with Gasteiger partial charge in [0.15, 0.2) is 0 Å². The van der Waals surface area contributed by atoms with Crippen molar-refractivity contribution >= 4 is 103 Å². The topological polar surface area (TPSA) is 231 Å². The maximum Gasteiger partial charge on any atom is 0.501 e. The number of ether oxygens (including phenoxy) is 2. The van der Waals surface area contributed by atoms with Crippen molar-refractivity contribution in [1.82, 2.24) is 35.0 Å². The van der Waals surface area contributed by atoms with E-state index in [1.165, 1.54) is 46.7 Å². The van der Waals surface area contributed by atoms with E-state index in [4.69, 9.17) is 21.1 Å². The minimum atomic E-state index is -5.87. The highest BCUT2D eigenvalue weighted by atomic mass is 35.5. The van der Waals surface area contributed by atoms with Crippen LogP contribution in [-0.2, 0) is 28.9 Å². The number of benzene rings is 5.